The third kappa shape index (κ3) is 2.64. The molecule has 1 aliphatic rings. The third-order valence-corrected chi connectivity index (χ3v) is 4.44. The minimum atomic E-state index is -4.46. The van der Waals surface area contributed by atoms with Gasteiger partial charge in [0.2, 0.25) is 0 Å². The Balaban J connectivity index is 2.14. The molecule has 0 spiro atoms. The number of hydrogen-bond donors (Lipinski definition) is 1. The van der Waals surface area contributed by atoms with Crippen LogP contribution in [-0.4, -0.2) is 16.4 Å². The highest BCUT2D eigenvalue weighted by Gasteiger charge is 2.33. The zero-order valence-corrected chi connectivity index (χ0v) is 12.1. The molecule has 0 saturated carbocycles. The molecule has 2 aromatic carbocycles. The smallest absolute Gasteiger partial charge is 0.392 e. The minimum Gasteiger partial charge on any atom is -0.392 e. The SMILES string of the molecule is O=C1c2ccccc2Cc2ccc(SC(F)(F)F)c(CO)c21. The van der Waals surface area contributed by atoms with E-state index in [2.05, 4.69) is 0 Å². The van der Waals surface area contributed by atoms with Gasteiger partial charge in [0.05, 0.1) is 6.61 Å². The van der Waals surface area contributed by atoms with Gasteiger partial charge >= 0.3 is 5.51 Å². The molecule has 2 nitrogen and oxygen atoms in total. The Morgan fingerprint density at radius 3 is 2.50 bits per heavy atom. The van der Waals surface area contributed by atoms with Gasteiger partial charge < -0.3 is 5.11 Å². The van der Waals surface area contributed by atoms with E-state index in [-0.39, 0.29) is 33.6 Å². The van der Waals surface area contributed by atoms with Crippen LogP contribution in [0.2, 0.25) is 0 Å². The van der Waals surface area contributed by atoms with Crippen molar-refractivity contribution in [2.45, 2.75) is 23.4 Å². The van der Waals surface area contributed by atoms with Crippen LogP contribution < -0.4 is 0 Å². The first-order valence-electron chi connectivity index (χ1n) is 6.54. The van der Waals surface area contributed by atoms with Crippen LogP contribution in [0.3, 0.4) is 0 Å². The number of aliphatic hydroxyl groups is 1. The number of carbonyl (C=O) groups is 1. The molecular weight excluding hydrogens is 313 g/mol. The number of ketones is 1. The van der Waals surface area contributed by atoms with Gasteiger partial charge in [0, 0.05) is 21.6 Å². The molecule has 0 atom stereocenters. The normalized spacial score (nSPS) is 13.7. The predicted molar refractivity (Wildman–Crippen MR) is 77.0 cm³/mol. The van der Waals surface area contributed by atoms with E-state index in [9.17, 15) is 23.1 Å². The van der Waals surface area contributed by atoms with Gasteiger partial charge in [0.25, 0.3) is 0 Å². The summed E-state index contributed by atoms with van der Waals surface area (Å²) in [5.41, 5.74) is -2.22. The Bertz CT molecular complexity index is 754. The Hall–Kier alpha value is -1.79. The molecule has 0 fully saturated rings. The average Bonchev–Trinajstić information content (AvgIpc) is 2.46. The molecule has 0 amide bonds. The van der Waals surface area contributed by atoms with Crippen LogP contribution in [0.4, 0.5) is 13.2 Å². The molecule has 22 heavy (non-hydrogen) atoms. The van der Waals surface area contributed by atoms with Crippen molar-refractivity contribution in [3.05, 3.63) is 64.2 Å². The van der Waals surface area contributed by atoms with Crippen molar-refractivity contribution in [3.63, 3.8) is 0 Å². The standard InChI is InChI=1S/C16H11F3O2S/c17-16(18,19)22-13-6-5-10-7-9-3-1-2-4-11(9)15(21)14(10)12(13)8-20/h1-6,20H,7-8H2. The number of fused-ring (bicyclic) bond motifs is 2. The number of carbonyl (C=O) groups excluding carboxylic acids is 1. The second-order valence-corrected chi connectivity index (χ2v) is 6.05. The van der Waals surface area contributed by atoms with E-state index < -0.39 is 12.1 Å². The van der Waals surface area contributed by atoms with Crippen molar-refractivity contribution >= 4 is 17.5 Å². The van der Waals surface area contributed by atoms with Gasteiger partial charge in [0.15, 0.2) is 5.78 Å². The fourth-order valence-electron chi connectivity index (χ4n) is 2.72. The summed E-state index contributed by atoms with van der Waals surface area (Å²) in [5, 5.41) is 9.50. The van der Waals surface area contributed by atoms with Crippen LogP contribution in [0.1, 0.15) is 32.6 Å². The maximum absolute atomic E-state index is 12.6. The summed E-state index contributed by atoms with van der Waals surface area (Å²) < 4.78 is 37.9. The van der Waals surface area contributed by atoms with E-state index in [0.717, 1.165) is 5.56 Å². The first-order chi connectivity index (χ1) is 10.4. The van der Waals surface area contributed by atoms with Crippen LogP contribution in [0.15, 0.2) is 41.3 Å². The number of halogens is 3. The number of hydrogen-bond acceptors (Lipinski definition) is 3. The second-order valence-electron chi connectivity index (χ2n) is 4.95. The molecule has 0 saturated heterocycles. The number of aliphatic hydroxyl groups excluding tert-OH is 1. The molecule has 1 aliphatic carbocycles. The maximum atomic E-state index is 12.6. The topological polar surface area (TPSA) is 37.3 Å². The Morgan fingerprint density at radius 1 is 1.09 bits per heavy atom. The lowest BCUT2D eigenvalue weighted by Crippen LogP contribution is -2.18. The molecule has 2 aromatic rings. The van der Waals surface area contributed by atoms with Crippen LogP contribution in [-0.2, 0) is 13.0 Å². The second kappa shape index (κ2) is 5.44. The summed E-state index contributed by atoms with van der Waals surface area (Å²) in [6.45, 7) is -0.602. The summed E-state index contributed by atoms with van der Waals surface area (Å²) in [6, 6.07) is 9.88. The van der Waals surface area contributed by atoms with E-state index in [4.69, 9.17) is 0 Å². The van der Waals surface area contributed by atoms with Crippen molar-refractivity contribution in [1.29, 1.82) is 0 Å². The maximum Gasteiger partial charge on any atom is 0.446 e. The predicted octanol–water partition coefficient (Wildman–Crippen LogP) is 3.93. The first kappa shape index (κ1) is 15.1. The molecule has 0 aromatic heterocycles. The van der Waals surface area contributed by atoms with E-state index in [0.29, 0.717) is 17.5 Å². The molecular formula is C16H11F3O2S. The number of thioether (sulfide) groups is 1. The first-order valence-corrected chi connectivity index (χ1v) is 7.36. The highest BCUT2D eigenvalue weighted by Crippen LogP contribution is 2.41. The molecule has 0 unspecified atom stereocenters. The van der Waals surface area contributed by atoms with Crippen molar-refractivity contribution < 1.29 is 23.1 Å². The zero-order valence-electron chi connectivity index (χ0n) is 11.3. The molecule has 3 rings (SSSR count). The lowest BCUT2D eigenvalue weighted by atomic mass is 9.83. The van der Waals surface area contributed by atoms with Crippen LogP contribution in [0.25, 0.3) is 0 Å². The van der Waals surface area contributed by atoms with Crippen LogP contribution in [0.5, 0.6) is 0 Å². The van der Waals surface area contributed by atoms with Crippen molar-refractivity contribution in [2.75, 3.05) is 0 Å². The van der Waals surface area contributed by atoms with E-state index in [1.165, 1.54) is 12.1 Å². The summed E-state index contributed by atoms with van der Waals surface area (Å²) >= 11 is -0.304. The van der Waals surface area contributed by atoms with Gasteiger partial charge in [-0.05, 0) is 35.4 Å². The summed E-state index contributed by atoms with van der Waals surface area (Å²) in [4.78, 5) is 12.5. The Kier molecular flexibility index (Phi) is 3.74. The molecule has 0 bridgehead atoms. The van der Waals surface area contributed by atoms with Crippen molar-refractivity contribution in [2.24, 2.45) is 0 Å². The molecule has 6 heteroatoms. The van der Waals surface area contributed by atoms with Crippen LogP contribution >= 0.6 is 11.8 Å². The lowest BCUT2D eigenvalue weighted by Gasteiger charge is -2.22. The molecule has 0 radical (unpaired) electrons. The fraction of sp³-hybridized carbons (Fsp3) is 0.188. The quantitative estimate of drug-likeness (QED) is 0.726. The van der Waals surface area contributed by atoms with Gasteiger partial charge in [-0.1, -0.05) is 30.3 Å². The van der Waals surface area contributed by atoms with E-state index in [1.807, 2.05) is 12.1 Å². The van der Waals surface area contributed by atoms with Crippen LogP contribution in [0, 0.1) is 0 Å². The lowest BCUT2D eigenvalue weighted by molar-refractivity contribution is -0.0328. The van der Waals surface area contributed by atoms with Gasteiger partial charge in [-0.15, -0.1) is 0 Å². The summed E-state index contributed by atoms with van der Waals surface area (Å²) in [6.07, 6.45) is 0.473. The highest BCUT2D eigenvalue weighted by atomic mass is 32.2. The van der Waals surface area contributed by atoms with Gasteiger partial charge in [-0.25, -0.2) is 0 Å². The van der Waals surface area contributed by atoms with Gasteiger partial charge in [-0.3, -0.25) is 4.79 Å². The van der Waals surface area contributed by atoms with E-state index >= 15 is 0 Å². The van der Waals surface area contributed by atoms with Gasteiger partial charge in [0.1, 0.15) is 0 Å². The molecule has 0 heterocycles. The largest absolute Gasteiger partial charge is 0.446 e. The average molecular weight is 324 g/mol. The summed E-state index contributed by atoms with van der Waals surface area (Å²) in [7, 11) is 0. The minimum absolute atomic E-state index is 0.0549. The molecule has 114 valence electrons. The number of rotatable bonds is 2. The number of alkyl halides is 3. The van der Waals surface area contributed by atoms with Crippen molar-refractivity contribution in [1.82, 2.24) is 0 Å². The van der Waals surface area contributed by atoms with Crippen molar-refractivity contribution in [3.8, 4) is 0 Å². The third-order valence-electron chi connectivity index (χ3n) is 3.61. The Labute approximate surface area is 129 Å². The molecule has 0 aliphatic heterocycles. The Morgan fingerprint density at radius 2 is 1.82 bits per heavy atom. The monoisotopic (exact) mass is 324 g/mol. The highest BCUT2D eigenvalue weighted by molar-refractivity contribution is 8.00. The van der Waals surface area contributed by atoms with Gasteiger partial charge in [-0.2, -0.15) is 13.2 Å². The number of benzene rings is 2. The fourth-order valence-corrected chi connectivity index (χ4v) is 3.40. The molecule has 1 N–H and O–H groups in total. The van der Waals surface area contributed by atoms with E-state index in [1.54, 1.807) is 12.1 Å². The zero-order chi connectivity index (χ0) is 15.9. The summed E-state index contributed by atoms with van der Waals surface area (Å²) in [5.74, 6) is -0.328.